The second-order valence-corrected chi connectivity index (χ2v) is 5.52. The van der Waals surface area contributed by atoms with Crippen LogP contribution in [-0.4, -0.2) is 9.97 Å². The number of nitrogens with one attached hydrogen (secondary N) is 1. The molecule has 0 saturated carbocycles. The number of nitrogens with zero attached hydrogens (tertiary/aromatic N) is 2. The Balaban J connectivity index is 2.07. The lowest BCUT2D eigenvalue weighted by molar-refractivity contribution is 1.36. The fourth-order valence-electron chi connectivity index (χ4n) is 2.70. The van der Waals surface area contributed by atoms with Crippen LogP contribution in [0.25, 0.3) is 33.1 Å². The summed E-state index contributed by atoms with van der Waals surface area (Å²) < 4.78 is 0. The Labute approximate surface area is 131 Å². The molecule has 0 spiro atoms. The Morgan fingerprint density at radius 2 is 1.95 bits per heavy atom. The van der Waals surface area contributed by atoms with Crippen molar-refractivity contribution in [1.82, 2.24) is 9.97 Å². The molecule has 0 aliphatic rings. The average Bonchev–Trinajstić information content (AvgIpc) is 2.96. The van der Waals surface area contributed by atoms with Crippen LogP contribution < -0.4 is 0 Å². The van der Waals surface area contributed by atoms with Gasteiger partial charge in [0.2, 0.25) is 0 Å². The van der Waals surface area contributed by atoms with Crippen molar-refractivity contribution in [2.24, 2.45) is 0 Å². The van der Waals surface area contributed by atoms with Crippen LogP contribution in [0.5, 0.6) is 0 Å². The van der Waals surface area contributed by atoms with E-state index in [1.807, 2.05) is 54.7 Å². The summed E-state index contributed by atoms with van der Waals surface area (Å²) in [6, 6.07) is 17.6. The Hall–Kier alpha value is -2.83. The van der Waals surface area contributed by atoms with Crippen LogP contribution in [0.4, 0.5) is 0 Å². The second kappa shape index (κ2) is 4.87. The molecule has 2 aromatic heterocycles. The number of benzene rings is 2. The number of rotatable bonds is 1. The van der Waals surface area contributed by atoms with Crippen LogP contribution in [0.15, 0.2) is 54.7 Å². The maximum atomic E-state index is 9.48. The van der Waals surface area contributed by atoms with Crippen molar-refractivity contribution in [2.45, 2.75) is 0 Å². The molecule has 0 radical (unpaired) electrons. The van der Waals surface area contributed by atoms with Gasteiger partial charge in [-0.2, -0.15) is 5.26 Å². The molecule has 104 valence electrons. The van der Waals surface area contributed by atoms with Gasteiger partial charge in [0, 0.05) is 33.1 Å². The Morgan fingerprint density at radius 3 is 2.82 bits per heavy atom. The fraction of sp³-hybridized carbons (Fsp3) is 0. The third-order valence-corrected chi connectivity index (χ3v) is 3.98. The Morgan fingerprint density at radius 1 is 1.09 bits per heavy atom. The maximum Gasteiger partial charge on any atom is 0.101 e. The van der Waals surface area contributed by atoms with Crippen LogP contribution in [0.1, 0.15) is 5.56 Å². The predicted octanol–water partition coefficient (Wildman–Crippen LogP) is 4.91. The van der Waals surface area contributed by atoms with Gasteiger partial charge in [-0.25, -0.2) is 4.98 Å². The highest BCUT2D eigenvalue weighted by Gasteiger charge is 2.13. The summed E-state index contributed by atoms with van der Waals surface area (Å²) in [6.45, 7) is 0. The first kappa shape index (κ1) is 12.9. The van der Waals surface area contributed by atoms with Crippen LogP contribution in [0.3, 0.4) is 0 Å². The third-order valence-electron chi connectivity index (χ3n) is 3.74. The number of hydrogen-bond donors (Lipinski definition) is 1. The normalized spacial score (nSPS) is 10.9. The van der Waals surface area contributed by atoms with Gasteiger partial charge >= 0.3 is 0 Å². The molecule has 2 heterocycles. The number of halogens is 1. The molecule has 0 fully saturated rings. The molecule has 4 aromatic rings. The molecule has 0 unspecified atom stereocenters. The van der Waals surface area contributed by atoms with Gasteiger partial charge < -0.3 is 4.98 Å². The first-order valence-corrected chi connectivity index (χ1v) is 7.21. The van der Waals surface area contributed by atoms with Gasteiger partial charge in [-0.15, -0.1) is 0 Å². The largest absolute Gasteiger partial charge is 0.360 e. The molecule has 4 rings (SSSR count). The van der Waals surface area contributed by atoms with E-state index >= 15 is 0 Å². The summed E-state index contributed by atoms with van der Waals surface area (Å²) in [5.41, 5.74) is 3.96. The van der Waals surface area contributed by atoms with Gasteiger partial charge in [-0.1, -0.05) is 29.8 Å². The summed E-state index contributed by atoms with van der Waals surface area (Å²) in [5, 5.41) is 12.1. The maximum absolute atomic E-state index is 9.48. The zero-order valence-corrected chi connectivity index (χ0v) is 12.2. The molecule has 0 saturated heterocycles. The average molecular weight is 304 g/mol. The monoisotopic (exact) mass is 303 g/mol. The standard InChI is InChI=1S/C18H10ClN3/c19-13-5-6-17-14(8-13)15(10-21-17)18-12(9-20)7-11-3-1-2-4-16(11)22-18/h1-8,10,21H. The summed E-state index contributed by atoms with van der Waals surface area (Å²) in [7, 11) is 0. The predicted molar refractivity (Wildman–Crippen MR) is 88.8 cm³/mol. The number of nitriles is 1. The summed E-state index contributed by atoms with van der Waals surface area (Å²) in [4.78, 5) is 7.89. The number of pyridine rings is 1. The van der Waals surface area contributed by atoms with Crippen LogP contribution in [0, 0.1) is 11.3 Å². The molecule has 22 heavy (non-hydrogen) atoms. The third kappa shape index (κ3) is 1.93. The molecular formula is C18H10ClN3. The lowest BCUT2D eigenvalue weighted by Gasteiger charge is -2.05. The van der Waals surface area contributed by atoms with E-state index in [1.165, 1.54) is 0 Å². The van der Waals surface area contributed by atoms with Gasteiger partial charge in [0.25, 0.3) is 0 Å². The van der Waals surface area contributed by atoms with Gasteiger partial charge in [-0.3, -0.25) is 0 Å². The zero-order chi connectivity index (χ0) is 15.1. The first-order valence-electron chi connectivity index (χ1n) is 6.83. The van der Waals surface area contributed by atoms with Crippen molar-refractivity contribution >= 4 is 33.4 Å². The smallest absolute Gasteiger partial charge is 0.101 e. The van der Waals surface area contributed by atoms with Gasteiger partial charge in [0.05, 0.1) is 16.8 Å². The van der Waals surface area contributed by atoms with Crippen LogP contribution in [-0.2, 0) is 0 Å². The summed E-state index contributed by atoms with van der Waals surface area (Å²) in [6.07, 6.45) is 1.87. The molecule has 0 aliphatic heterocycles. The van der Waals surface area contributed by atoms with E-state index in [9.17, 15) is 5.26 Å². The van der Waals surface area contributed by atoms with Crippen molar-refractivity contribution in [3.8, 4) is 17.3 Å². The SMILES string of the molecule is N#Cc1cc2ccccc2nc1-c1c[nH]c2ccc(Cl)cc12. The lowest BCUT2D eigenvalue weighted by atomic mass is 10.0. The number of H-pyrrole nitrogens is 1. The topological polar surface area (TPSA) is 52.5 Å². The van der Waals surface area contributed by atoms with Crippen molar-refractivity contribution in [1.29, 1.82) is 5.26 Å². The minimum Gasteiger partial charge on any atom is -0.360 e. The molecule has 3 nitrogen and oxygen atoms in total. The van der Waals surface area contributed by atoms with E-state index in [2.05, 4.69) is 16.0 Å². The lowest BCUT2D eigenvalue weighted by Crippen LogP contribution is -1.90. The van der Waals surface area contributed by atoms with Crippen molar-refractivity contribution in [3.05, 3.63) is 65.3 Å². The molecule has 0 amide bonds. The van der Waals surface area contributed by atoms with E-state index < -0.39 is 0 Å². The molecule has 4 heteroatoms. The number of para-hydroxylation sites is 1. The molecule has 0 aliphatic carbocycles. The van der Waals surface area contributed by atoms with E-state index in [4.69, 9.17) is 11.6 Å². The van der Waals surface area contributed by atoms with Crippen LogP contribution >= 0.6 is 11.6 Å². The number of aromatic amines is 1. The molecule has 2 aromatic carbocycles. The fourth-order valence-corrected chi connectivity index (χ4v) is 2.87. The molecule has 0 bridgehead atoms. The van der Waals surface area contributed by atoms with Crippen molar-refractivity contribution in [3.63, 3.8) is 0 Å². The van der Waals surface area contributed by atoms with E-state index in [1.54, 1.807) is 0 Å². The number of hydrogen-bond acceptors (Lipinski definition) is 2. The van der Waals surface area contributed by atoms with Crippen LogP contribution in [0.2, 0.25) is 5.02 Å². The Kier molecular flexibility index (Phi) is 2.85. The highest BCUT2D eigenvalue weighted by Crippen LogP contribution is 2.32. The van der Waals surface area contributed by atoms with Crippen molar-refractivity contribution < 1.29 is 0 Å². The van der Waals surface area contributed by atoms with E-state index in [-0.39, 0.29) is 0 Å². The highest BCUT2D eigenvalue weighted by atomic mass is 35.5. The summed E-state index contributed by atoms with van der Waals surface area (Å²) >= 11 is 6.10. The second-order valence-electron chi connectivity index (χ2n) is 5.08. The van der Waals surface area contributed by atoms with Gasteiger partial charge in [-0.05, 0) is 30.3 Å². The summed E-state index contributed by atoms with van der Waals surface area (Å²) in [5.74, 6) is 0. The molecule has 1 N–H and O–H groups in total. The van der Waals surface area contributed by atoms with Gasteiger partial charge in [0.15, 0.2) is 0 Å². The Bertz CT molecular complexity index is 1060. The zero-order valence-electron chi connectivity index (χ0n) is 11.5. The number of aromatic nitrogens is 2. The first-order chi connectivity index (χ1) is 10.8. The quantitative estimate of drug-likeness (QED) is 0.543. The van der Waals surface area contributed by atoms with E-state index in [0.29, 0.717) is 16.3 Å². The molecule has 0 atom stereocenters. The van der Waals surface area contributed by atoms with Crippen molar-refractivity contribution in [2.75, 3.05) is 0 Å². The molecular weight excluding hydrogens is 294 g/mol. The number of fused-ring (bicyclic) bond motifs is 2. The minimum absolute atomic E-state index is 0.555. The minimum atomic E-state index is 0.555. The van der Waals surface area contributed by atoms with E-state index in [0.717, 1.165) is 27.4 Å². The highest BCUT2D eigenvalue weighted by molar-refractivity contribution is 6.31. The van der Waals surface area contributed by atoms with Gasteiger partial charge in [0.1, 0.15) is 6.07 Å².